The monoisotopic (exact) mass is 214 g/mol. The van der Waals surface area contributed by atoms with Gasteiger partial charge >= 0.3 is 0 Å². The topological polar surface area (TPSA) is 55.2 Å². The van der Waals surface area contributed by atoms with Gasteiger partial charge in [-0.3, -0.25) is 10.1 Å². The Bertz CT molecular complexity index is 355. The average Bonchev–Trinajstić information content (AvgIpc) is 2.16. The van der Waals surface area contributed by atoms with Gasteiger partial charge in [0.1, 0.15) is 0 Å². The van der Waals surface area contributed by atoms with E-state index in [2.05, 4.69) is 5.32 Å². The summed E-state index contributed by atoms with van der Waals surface area (Å²) in [5.74, 6) is 0. The highest BCUT2D eigenvalue weighted by molar-refractivity contribution is 6.30. The van der Waals surface area contributed by atoms with Gasteiger partial charge < -0.3 is 5.32 Å². The molecule has 0 amide bonds. The molecule has 76 valence electrons. The van der Waals surface area contributed by atoms with Crippen LogP contribution in [0.5, 0.6) is 0 Å². The molecule has 1 N–H and O–H groups in total. The number of halogens is 1. The molecule has 4 nitrogen and oxygen atoms in total. The van der Waals surface area contributed by atoms with Crippen molar-refractivity contribution < 1.29 is 4.92 Å². The highest BCUT2D eigenvalue weighted by Crippen LogP contribution is 2.27. The van der Waals surface area contributed by atoms with Crippen LogP contribution in [0.2, 0.25) is 5.02 Å². The minimum absolute atomic E-state index is 0.0888. The first kappa shape index (κ1) is 10.9. The number of nitro benzene ring substituents is 1. The summed E-state index contributed by atoms with van der Waals surface area (Å²) in [5, 5.41) is 14.1. The molecule has 0 saturated carbocycles. The SMILES string of the molecule is CN[C@@H](C)c1cc(Cl)ccc1[N+](=O)[O-]. The Kier molecular flexibility index (Phi) is 3.43. The fourth-order valence-corrected chi connectivity index (χ4v) is 1.37. The molecule has 0 aromatic heterocycles. The molecule has 0 radical (unpaired) electrons. The second kappa shape index (κ2) is 4.39. The van der Waals surface area contributed by atoms with Gasteiger partial charge in [-0.25, -0.2) is 0 Å². The third-order valence-corrected chi connectivity index (χ3v) is 2.32. The molecule has 0 aliphatic heterocycles. The third-order valence-electron chi connectivity index (χ3n) is 2.09. The second-order valence-electron chi connectivity index (χ2n) is 2.97. The highest BCUT2D eigenvalue weighted by Gasteiger charge is 2.17. The van der Waals surface area contributed by atoms with Crippen molar-refractivity contribution in [3.8, 4) is 0 Å². The van der Waals surface area contributed by atoms with E-state index >= 15 is 0 Å². The smallest absolute Gasteiger partial charge is 0.274 e. The molecular weight excluding hydrogens is 204 g/mol. The molecule has 1 aromatic rings. The van der Waals surface area contributed by atoms with Crippen molar-refractivity contribution in [3.05, 3.63) is 38.9 Å². The van der Waals surface area contributed by atoms with E-state index in [0.29, 0.717) is 10.6 Å². The zero-order chi connectivity index (χ0) is 10.7. The summed E-state index contributed by atoms with van der Waals surface area (Å²) in [7, 11) is 1.75. The van der Waals surface area contributed by atoms with Crippen molar-refractivity contribution >= 4 is 17.3 Å². The Morgan fingerprint density at radius 1 is 1.57 bits per heavy atom. The standard InChI is InChI=1S/C9H11ClN2O2/c1-6(11-2)8-5-7(10)3-4-9(8)12(13)14/h3-6,11H,1-2H3/t6-/m0/s1. The number of nitro groups is 1. The predicted molar refractivity (Wildman–Crippen MR) is 55.6 cm³/mol. The summed E-state index contributed by atoms with van der Waals surface area (Å²) in [5.41, 5.74) is 0.696. The van der Waals surface area contributed by atoms with Gasteiger partial charge in [0, 0.05) is 22.7 Å². The summed E-state index contributed by atoms with van der Waals surface area (Å²) >= 11 is 5.77. The Morgan fingerprint density at radius 2 is 2.21 bits per heavy atom. The van der Waals surface area contributed by atoms with Crippen molar-refractivity contribution in [1.82, 2.24) is 5.32 Å². The summed E-state index contributed by atoms with van der Waals surface area (Å²) < 4.78 is 0. The number of hydrogen-bond donors (Lipinski definition) is 1. The maximum absolute atomic E-state index is 10.7. The minimum atomic E-state index is -0.403. The van der Waals surface area contributed by atoms with Crippen LogP contribution >= 0.6 is 11.6 Å². The summed E-state index contributed by atoms with van der Waals surface area (Å²) in [6.45, 7) is 1.85. The van der Waals surface area contributed by atoms with Gasteiger partial charge in [0.15, 0.2) is 0 Å². The molecule has 0 saturated heterocycles. The number of nitrogens with zero attached hydrogens (tertiary/aromatic N) is 1. The van der Waals surface area contributed by atoms with Crippen molar-refractivity contribution in [2.24, 2.45) is 0 Å². The van der Waals surface area contributed by atoms with E-state index in [4.69, 9.17) is 11.6 Å². The summed E-state index contributed by atoms with van der Waals surface area (Å²) in [4.78, 5) is 10.3. The quantitative estimate of drug-likeness (QED) is 0.622. The van der Waals surface area contributed by atoms with Crippen LogP contribution in [0, 0.1) is 10.1 Å². The Labute approximate surface area is 87.0 Å². The van der Waals surface area contributed by atoms with Crippen LogP contribution in [0.3, 0.4) is 0 Å². The molecule has 0 aliphatic rings. The fourth-order valence-electron chi connectivity index (χ4n) is 1.19. The van der Waals surface area contributed by atoms with E-state index in [9.17, 15) is 10.1 Å². The number of benzene rings is 1. The van der Waals surface area contributed by atoms with Crippen LogP contribution in [-0.2, 0) is 0 Å². The summed E-state index contributed by atoms with van der Waals surface area (Å²) in [6.07, 6.45) is 0. The molecule has 1 atom stereocenters. The zero-order valence-corrected chi connectivity index (χ0v) is 8.71. The van der Waals surface area contributed by atoms with Crippen LogP contribution < -0.4 is 5.32 Å². The van der Waals surface area contributed by atoms with Crippen molar-refractivity contribution in [2.75, 3.05) is 7.05 Å². The maximum Gasteiger partial charge on any atom is 0.274 e. The highest BCUT2D eigenvalue weighted by atomic mass is 35.5. The van der Waals surface area contributed by atoms with Gasteiger partial charge in [-0.1, -0.05) is 11.6 Å². The van der Waals surface area contributed by atoms with Gasteiger partial charge in [-0.2, -0.15) is 0 Å². The first-order chi connectivity index (χ1) is 6.56. The van der Waals surface area contributed by atoms with Gasteiger partial charge in [0.25, 0.3) is 5.69 Å². The molecular formula is C9H11ClN2O2. The molecule has 0 fully saturated rings. The lowest BCUT2D eigenvalue weighted by atomic mass is 10.1. The van der Waals surface area contributed by atoms with Crippen LogP contribution in [0.1, 0.15) is 18.5 Å². The lowest BCUT2D eigenvalue weighted by molar-refractivity contribution is -0.385. The molecule has 0 bridgehead atoms. The Hall–Kier alpha value is -1.13. The van der Waals surface area contributed by atoms with E-state index in [1.54, 1.807) is 13.1 Å². The van der Waals surface area contributed by atoms with E-state index in [1.165, 1.54) is 12.1 Å². The van der Waals surface area contributed by atoms with Crippen molar-refractivity contribution in [1.29, 1.82) is 0 Å². The molecule has 0 spiro atoms. The second-order valence-corrected chi connectivity index (χ2v) is 3.41. The first-order valence-corrected chi connectivity index (χ1v) is 4.55. The largest absolute Gasteiger partial charge is 0.313 e. The number of rotatable bonds is 3. The molecule has 1 aromatic carbocycles. The van der Waals surface area contributed by atoms with E-state index < -0.39 is 4.92 Å². The van der Waals surface area contributed by atoms with E-state index in [0.717, 1.165) is 0 Å². The maximum atomic E-state index is 10.7. The Morgan fingerprint density at radius 3 is 2.71 bits per heavy atom. The average molecular weight is 215 g/mol. The number of nitrogens with one attached hydrogen (secondary N) is 1. The zero-order valence-electron chi connectivity index (χ0n) is 7.95. The van der Waals surface area contributed by atoms with Crippen LogP contribution in [-0.4, -0.2) is 12.0 Å². The molecule has 14 heavy (non-hydrogen) atoms. The van der Waals surface area contributed by atoms with Gasteiger partial charge in [0.2, 0.25) is 0 Å². The Balaban J connectivity index is 3.22. The van der Waals surface area contributed by atoms with E-state index in [1.807, 2.05) is 6.92 Å². The fraction of sp³-hybridized carbons (Fsp3) is 0.333. The molecule has 1 rings (SSSR count). The lowest BCUT2D eigenvalue weighted by Gasteiger charge is -2.10. The van der Waals surface area contributed by atoms with Crippen molar-refractivity contribution in [3.63, 3.8) is 0 Å². The molecule has 0 aliphatic carbocycles. The molecule has 5 heteroatoms. The lowest BCUT2D eigenvalue weighted by Crippen LogP contribution is -2.13. The minimum Gasteiger partial charge on any atom is -0.313 e. The number of hydrogen-bond acceptors (Lipinski definition) is 3. The van der Waals surface area contributed by atoms with E-state index in [-0.39, 0.29) is 11.7 Å². The van der Waals surface area contributed by atoms with Gasteiger partial charge in [-0.05, 0) is 26.1 Å². The first-order valence-electron chi connectivity index (χ1n) is 4.17. The molecule has 0 unspecified atom stereocenters. The molecule has 0 heterocycles. The summed E-state index contributed by atoms with van der Waals surface area (Å²) in [6, 6.07) is 4.46. The van der Waals surface area contributed by atoms with Crippen molar-refractivity contribution in [2.45, 2.75) is 13.0 Å². The third kappa shape index (κ3) is 2.21. The van der Waals surface area contributed by atoms with Crippen LogP contribution in [0.15, 0.2) is 18.2 Å². The normalized spacial score (nSPS) is 12.5. The van der Waals surface area contributed by atoms with Crippen LogP contribution in [0.4, 0.5) is 5.69 Å². The van der Waals surface area contributed by atoms with Gasteiger partial charge in [0.05, 0.1) is 4.92 Å². The van der Waals surface area contributed by atoms with Crippen LogP contribution in [0.25, 0.3) is 0 Å². The van der Waals surface area contributed by atoms with Gasteiger partial charge in [-0.15, -0.1) is 0 Å². The predicted octanol–water partition coefficient (Wildman–Crippen LogP) is 2.53.